The lowest BCUT2D eigenvalue weighted by atomic mass is 10.1. The summed E-state index contributed by atoms with van der Waals surface area (Å²) in [5.41, 5.74) is 1.43. The number of halogens is 1. The van der Waals surface area contributed by atoms with Crippen LogP contribution in [-0.4, -0.2) is 23.7 Å². The first-order valence-corrected chi connectivity index (χ1v) is 6.93. The van der Waals surface area contributed by atoms with Gasteiger partial charge in [-0.1, -0.05) is 6.07 Å². The molecule has 0 fully saturated rings. The zero-order valence-electron chi connectivity index (χ0n) is 11.1. The van der Waals surface area contributed by atoms with Crippen LogP contribution in [0.3, 0.4) is 0 Å². The normalized spacial score (nSPS) is 10.3. The monoisotopic (exact) mass is 324 g/mol. The quantitative estimate of drug-likeness (QED) is 0.871. The topological polar surface area (TPSA) is 64.3 Å². The molecular weight excluding hydrogens is 308 g/mol. The molecule has 0 saturated carbocycles. The first-order valence-electron chi connectivity index (χ1n) is 6.14. The number of carboxylic acid groups (broad SMARTS) is 1. The second kappa shape index (κ2) is 7.15. The maximum absolute atomic E-state index is 10.6. The molecule has 4 nitrogen and oxygen atoms in total. The van der Waals surface area contributed by atoms with Crippen molar-refractivity contribution in [2.75, 3.05) is 11.4 Å². The summed E-state index contributed by atoms with van der Waals surface area (Å²) in [6.45, 7) is 4.68. The van der Waals surface area contributed by atoms with E-state index in [2.05, 4.69) is 26.9 Å². The summed E-state index contributed by atoms with van der Waals surface area (Å²) in [7, 11) is 0. The predicted octanol–water partition coefficient (Wildman–Crippen LogP) is 3.40. The Morgan fingerprint density at radius 2 is 2.21 bits per heavy atom. The molecule has 0 aromatic heterocycles. The number of aliphatic carboxylic acids is 1. The lowest BCUT2D eigenvalue weighted by Gasteiger charge is -2.30. The second-order valence-corrected chi connectivity index (χ2v) is 5.38. The number of benzene rings is 1. The summed E-state index contributed by atoms with van der Waals surface area (Å²) in [6.07, 6.45) is 0.698. The molecule has 5 heteroatoms. The molecule has 0 aliphatic rings. The minimum absolute atomic E-state index is 0.138. The number of hydrogen-bond acceptors (Lipinski definition) is 3. The molecule has 1 N–H and O–H groups in total. The third-order valence-corrected chi connectivity index (χ3v) is 3.49. The van der Waals surface area contributed by atoms with E-state index in [0.717, 1.165) is 10.2 Å². The fourth-order valence-corrected chi connectivity index (χ4v) is 2.36. The van der Waals surface area contributed by atoms with Gasteiger partial charge in [0.15, 0.2) is 0 Å². The molecule has 0 unspecified atom stereocenters. The molecule has 0 atom stereocenters. The van der Waals surface area contributed by atoms with Gasteiger partial charge in [0.25, 0.3) is 0 Å². The van der Waals surface area contributed by atoms with Crippen LogP contribution in [0.4, 0.5) is 5.69 Å². The van der Waals surface area contributed by atoms with Crippen LogP contribution < -0.4 is 4.90 Å². The van der Waals surface area contributed by atoms with Gasteiger partial charge in [-0.05, 0) is 48.3 Å². The summed E-state index contributed by atoms with van der Waals surface area (Å²) in [6, 6.07) is 8.00. The van der Waals surface area contributed by atoms with E-state index in [1.807, 2.05) is 32.0 Å². The Morgan fingerprint density at radius 3 is 2.74 bits per heavy atom. The van der Waals surface area contributed by atoms with Gasteiger partial charge in [-0.3, -0.25) is 4.79 Å². The van der Waals surface area contributed by atoms with Crippen LogP contribution in [0.2, 0.25) is 0 Å². The molecule has 0 heterocycles. The van der Waals surface area contributed by atoms with Crippen LogP contribution in [-0.2, 0) is 4.79 Å². The van der Waals surface area contributed by atoms with E-state index in [9.17, 15) is 10.1 Å². The van der Waals surface area contributed by atoms with Crippen LogP contribution in [0.25, 0.3) is 0 Å². The minimum atomic E-state index is -0.793. The maximum atomic E-state index is 10.6. The number of carboxylic acids is 1. The first-order chi connectivity index (χ1) is 8.97. The molecular formula is C14H17BrN2O2. The highest BCUT2D eigenvalue weighted by atomic mass is 79.9. The summed E-state index contributed by atoms with van der Waals surface area (Å²) in [5, 5.41) is 17.9. The van der Waals surface area contributed by atoms with Crippen molar-refractivity contribution in [3.8, 4) is 6.07 Å². The average Bonchev–Trinajstić information content (AvgIpc) is 2.33. The molecule has 1 aromatic rings. The van der Waals surface area contributed by atoms with E-state index < -0.39 is 5.97 Å². The van der Waals surface area contributed by atoms with Crippen LogP contribution in [0, 0.1) is 11.3 Å². The van der Waals surface area contributed by atoms with Crippen molar-refractivity contribution in [1.29, 1.82) is 5.26 Å². The van der Waals surface area contributed by atoms with Crippen LogP contribution in [0.5, 0.6) is 0 Å². The van der Waals surface area contributed by atoms with Crippen LogP contribution in [0.1, 0.15) is 32.3 Å². The summed E-state index contributed by atoms with van der Waals surface area (Å²) in [4.78, 5) is 12.6. The molecule has 0 saturated heterocycles. The largest absolute Gasteiger partial charge is 0.481 e. The summed E-state index contributed by atoms with van der Waals surface area (Å²) < 4.78 is 0.761. The van der Waals surface area contributed by atoms with Gasteiger partial charge in [0.1, 0.15) is 6.07 Å². The van der Waals surface area contributed by atoms with E-state index >= 15 is 0 Å². The molecule has 0 bridgehead atoms. The highest BCUT2D eigenvalue weighted by molar-refractivity contribution is 9.10. The Hall–Kier alpha value is -1.54. The van der Waals surface area contributed by atoms with Crippen molar-refractivity contribution in [3.63, 3.8) is 0 Å². The van der Waals surface area contributed by atoms with Crippen molar-refractivity contribution < 1.29 is 9.90 Å². The van der Waals surface area contributed by atoms with Gasteiger partial charge in [0.05, 0.1) is 11.3 Å². The molecule has 1 rings (SSSR count). The zero-order chi connectivity index (χ0) is 14.4. The van der Waals surface area contributed by atoms with Gasteiger partial charge in [0, 0.05) is 23.5 Å². The Morgan fingerprint density at radius 1 is 1.53 bits per heavy atom. The first kappa shape index (κ1) is 15.5. The van der Waals surface area contributed by atoms with Crippen molar-refractivity contribution >= 4 is 27.6 Å². The van der Waals surface area contributed by atoms with Gasteiger partial charge in [-0.25, -0.2) is 0 Å². The number of rotatable bonds is 6. The molecule has 0 aliphatic carbocycles. The molecule has 0 amide bonds. The number of nitrogens with zero attached hydrogens (tertiary/aromatic N) is 2. The van der Waals surface area contributed by atoms with Crippen LogP contribution >= 0.6 is 15.9 Å². The highest BCUT2D eigenvalue weighted by Crippen LogP contribution is 2.28. The van der Waals surface area contributed by atoms with E-state index in [1.54, 1.807) is 0 Å². The fourth-order valence-electron chi connectivity index (χ4n) is 1.92. The maximum Gasteiger partial charge on any atom is 0.303 e. The highest BCUT2D eigenvalue weighted by Gasteiger charge is 2.16. The Labute approximate surface area is 121 Å². The van der Waals surface area contributed by atoms with Gasteiger partial charge < -0.3 is 10.0 Å². The number of hydrogen-bond donors (Lipinski definition) is 1. The van der Waals surface area contributed by atoms with Crippen molar-refractivity contribution in [2.45, 2.75) is 32.7 Å². The lowest BCUT2D eigenvalue weighted by molar-refractivity contribution is -0.137. The van der Waals surface area contributed by atoms with E-state index in [1.165, 1.54) is 0 Å². The molecule has 1 aromatic carbocycles. The third kappa shape index (κ3) is 4.25. The summed E-state index contributed by atoms with van der Waals surface area (Å²) >= 11 is 3.37. The molecule has 0 spiro atoms. The van der Waals surface area contributed by atoms with E-state index in [4.69, 9.17) is 5.11 Å². The fraction of sp³-hybridized carbons (Fsp3) is 0.429. The van der Waals surface area contributed by atoms with Crippen molar-refractivity contribution in [3.05, 3.63) is 28.2 Å². The summed E-state index contributed by atoms with van der Waals surface area (Å²) in [5.74, 6) is -0.793. The second-order valence-electron chi connectivity index (χ2n) is 4.53. The molecule has 0 radical (unpaired) electrons. The third-order valence-electron chi connectivity index (χ3n) is 2.83. The number of anilines is 1. The van der Waals surface area contributed by atoms with Gasteiger partial charge >= 0.3 is 5.97 Å². The van der Waals surface area contributed by atoms with Crippen molar-refractivity contribution in [1.82, 2.24) is 0 Å². The van der Waals surface area contributed by atoms with Gasteiger partial charge in [0.2, 0.25) is 0 Å². The smallest absolute Gasteiger partial charge is 0.303 e. The Bertz CT molecular complexity index is 495. The minimum Gasteiger partial charge on any atom is -0.481 e. The van der Waals surface area contributed by atoms with E-state index in [0.29, 0.717) is 18.5 Å². The van der Waals surface area contributed by atoms with Gasteiger partial charge in [-0.15, -0.1) is 0 Å². The zero-order valence-corrected chi connectivity index (χ0v) is 12.6. The molecule has 19 heavy (non-hydrogen) atoms. The van der Waals surface area contributed by atoms with E-state index in [-0.39, 0.29) is 12.5 Å². The number of carbonyl (C=O) groups is 1. The average molecular weight is 325 g/mol. The van der Waals surface area contributed by atoms with Gasteiger partial charge in [-0.2, -0.15) is 5.26 Å². The predicted molar refractivity (Wildman–Crippen MR) is 78.2 cm³/mol. The van der Waals surface area contributed by atoms with Crippen molar-refractivity contribution in [2.24, 2.45) is 0 Å². The lowest BCUT2D eigenvalue weighted by Crippen LogP contribution is -2.32. The molecule has 102 valence electrons. The Balaban J connectivity index is 2.97. The molecule has 0 aliphatic heterocycles. The Kier molecular flexibility index (Phi) is 5.84. The standard InChI is InChI=1S/C14H17BrN2O2/c1-10(2)17(8-4-7-14(18)19)13-6-3-5-12(15)11(13)9-16/h3,5-6,10H,4,7-8H2,1-2H3,(H,18,19). The number of nitriles is 1. The SMILES string of the molecule is CC(C)N(CCCC(=O)O)c1cccc(Br)c1C#N. The van der Waals surface area contributed by atoms with Crippen LogP contribution in [0.15, 0.2) is 22.7 Å².